The second-order valence-corrected chi connectivity index (χ2v) is 9.20. The zero-order valence-electron chi connectivity index (χ0n) is 19.9. The number of hydrogen-bond donors (Lipinski definition) is 2. The molecule has 0 aliphatic rings. The van der Waals surface area contributed by atoms with Crippen LogP contribution in [0.15, 0.2) is 0 Å². The molecule has 0 rings (SSSR count). The summed E-state index contributed by atoms with van der Waals surface area (Å²) >= 11 is 0. The van der Waals surface area contributed by atoms with E-state index in [4.69, 9.17) is 14.4 Å². The number of unbranched alkanes of at least 4 members (excludes halogenated alkanes) is 15. The van der Waals surface area contributed by atoms with Crippen molar-refractivity contribution >= 4 is 7.82 Å². The van der Waals surface area contributed by atoms with Crippen molar-refractivity contribution in [2.24, 2.45) is 0 Å². The molecule has 0 aromatic heterocycles. The Labute approximate surface area is 185 Å². The predicted molar refractivity (Wildman–Crippen MR) is 123 cm³/mol. The third-order valence-electron chi connectivity index (χ3n) is 5.20. The fourth-order valence-corrected chi connectivity index (χ4v) is 3.68. The summed E-state index contributed by atoms with van der Waals surface area (Å²) in [6.45, 7) is 2.93. The molecular formula is C22H50NO6P. The van der Waals surface area contributed by atoms with Gasteiger partial charge in [0.15, 0.2) is 0 Å². The van der Waals surface area contributed by atoms with Gasteiger partial charge in [0.1, 0.15) is 6.10 Å². The first-order valence-electron chi connectivity index (χ1n) is 11.8. The third-order valence-corrected chi connectivity index (χ3v) is 5.68. The van der Waals surface area contributed by atoms with E-state index in [9.17, 15) is 9.46 Å². The highest BCUT2D eigenvalue weighted by atomic mass is 31.2. The van der Waals surface area contributed by atoms with Gasteiger partial charge in [-0.15, -0.1) is 0 Å². The van der Waals surface area contributed by atoms with Crippen LogP contribution in [0.2, 0.25) is 0 Å². The molecule has 5 N–H and O–H groups in total. The van der Waals surface area contributed by atoms with E-state index in [1.165, 1.54) is 97.0 Å². The summed E-state index contributed by atoms with van der Waals surface area (Å²) < 4.78 is 25.4. The summed E-state index contributed by atoms with van der Waals surface area (Å²) in [4.78, 5) is 19.1. The SMILES string of the molecule is CCCCCCCCCCCCCCCCCCOCC(COP(=O)([O-])O)OC.[NH4+]. The normalized spacial score (nSPS) is 14.3. The van der Waals surface area contributed by atoms with Crippen molar-refractivity contribution in [3.05, 3.63) is 0 Å². The monoisotopic (exact) mass is 455 g/mol. The largest absolute Gasteiger partial charge is 0.756 e. The number of ether oxygens (including phenoxy) is 2. The molecule has 184 valence electrons. The molecule has 0 aliphatic carbocycles. The van der Waals surface area contributed by atoms with Crippen molar-refractivity contribution in [1.82, 2.24) is 6.15 Å². The maximum Gasteiger partial charge on any atom is 0.265 e. The third kappa shape index (κ3) is 26.0. The van der Waals surface area contributed by atoms with Gasteiger partial charge < -0.3 is 29.9 Å². The Bertz CT molecular complexity index is 381. The lowest BCUT2D eigenvalue weighted by Gasteiger charge is -2.20. The fourth-order valence-electron chi connectivity index (χ4n) is 3.33. The van der Waals surface area contributed by atoms with Crippen LogP contribution >= 0.6 is 7.82 Å². The lowest BCUT2D eigenvalue weighted by atomic mass is 10.0. The Kier molecular flexibility index (Phi) is 25.4. The summed E-state index contributed by atoms with van der Waals surface area (Å²) in [5.41, 5.74) is 0. The first kappa shape index (κ1) is 32.2. The number of quaternary nitrogens is 1. The van der Waals surface area contributed by atoms with Crippen LogP contribution in [-0.2, 0) is 18.6 Å². The Morgan fingerprint density at radius 1 is 0.767 bits per heavy atom. The maximum absolute atomic E-state index is 10.6. The highest BCUT2D eigenvalue weighted by Crippen LogP contribution is 2.30. The number of methoxy groups -OCH3 is 1. The molecule has 2 unspecified atom stereocenters. The highest BCUT2D eigenvalue weighted by Gasteiger charge is 2.11. The molecule has 30 heavy (non-hydrogen) atoms. The molecule has 0 aromatic rings. The molecule has 0 bridgehead atoms. The lowest BCUT2D eigenvalue weighted by Crippen LogP contribution is -2.25. The molecule has 8 heteroatoms. The zero-order chi connectivity index (χ0) is 21.6. The molecule has 0 fully saturated rings. The van der Waals surface area contributed by atoms with Gasteiger partial charge in [0.25, 0.3) is 7.82 Å². The molecule has 2 atom stereocenters. The van der Waals surface area contributed by atoms with Crippen LogP contribution < -0.4 is 11.0 Å². The first-order chi connectivity index (χ1) is 14.0. The van der Waals surface area contributed by atoms with E-state index in [0.717, 1.165) is 12.8 Å². The van der Waals surface area contributed by atoms with Gasteiger partial charge in [0.05, 0.1) is 13.2 Å². The minimum Gasteiger partial charge on any atom is -0.756 e. The van der Waals surface area contributed by atoms with Gasteiger partial charge in [-0.3, -0.25) is 4.57 Å². The molecule has 0 aliphatic heterocycles. The maximum atomic E-state index is 10.6. The van der Waals surface area contributed by atoms with Gasteiger partial charge in [-0.1, -0.05) is 103 Å². The second-order valence-electron chi connectivity index (χ2n) is 8.00. The molecule has 0 saturated carbocycles. The van der Waals surface area contributed by atoms with Gasteiger partial charge in [-0.05, 0) is 6.42 Å². The van der Waals surface area contributed by atoms with Crippen molar-refractivity contribution in [1.29, 1.82) is 0 Å². The molecule has 0 spiro atoms. The van der Waals surface area contributed by atoms with E-state index in [1.54, 1.807) is 0 Å². The van der Waals surface area contributed by atoms with Crippen LogP contribution in [0, 0.1) is 0 Å². The van der Waals surface area contributed by atoms with Crippen LogP contribution in [-0.4, -0.2) is 37.9 Å². The van der Waals surface area contributed by atoms with Gasteiger partial charge in [-0.2, -0.15) is 0 Å². The predicted octanol–water partition coefficient (Wildman–Crippen LogP) is 6.13. The van der Waals surface area contributed by atoms with Crippen LogP contribution in [0.5, 0.6) is 0 Å². The van der Waals surface area contributed by atoms with Gasteiger partial charge in [0.2, 0.25) is 0 Å². The van der Waals surface area contributed by atoms with Gasteiger partial charge in [0, 0.05) is 13.7 Å². The molecule has 0 heterocycles. The number of phosphoric acid groups is 1. The fraction of sp³-hybridized carbons (Fsp3) is 1.00. The Balaban J connectivity index is 0. The second kappa shape index (κ2) is 23.6. The van der Waals surface area contributed by atoms with E-state index >= 15 is 0 Å². The summed E-state index contributed by atoms with van der Waals surface area (Å²) in [5, 5.41) is 0. The molecule has 0 amide bonds. The average molecular weight is 456 g/mol. The van der Waals surface area contributed by atoms with E-state index in [-0.39, 0.29) is 19.4 Å². The highest BCUT2D eigenvalue weighted by molar-refractivity contribution is 7.44. The van der Waals surface area contributed by atoms with Crippen LogP contribution in [0.4, 0.5) is 0 Å². The zero-order valence-corrected chi connectivity index (χ0v) is 20.8. The number of rotatable bonds is 23. The lowest BCUT2D eigenvalue weighted by molar-refractivity contribution is -0.222. The van der Waals surface area contributed by atoms with Crippen molar-refractivity contribution < 1.29 is 28.3 Å². The Hall–Kier alpha value is -0.0100. The minimum atomic E-state index is -4.70. The van der Waals surface area contributed by atoms with E-state index < -0.39 is 13.9 Å². The topological polar surface area (TPSA) is 125 Å². The summed E-state index contributed by atoms with van der Waals surface area (Å²) in [6.07, 6.45) is 20.9. The molecule has 0 saturated heterocycles. The van der Waals surface area contributed by atoms with Crippen LogP contribution in [0.25, 0.3) is 0 Å². The Morgan fingerprint density at radius 3 is 1.53 bits per heavy atom. The van der Waals surface area contributed by atoms with E-state index in [2.05, 4.69) is 11.4 Å². The summed E-state index contributed by atoms with van der Waals surface area (Å²) in [5.74, 6) is 0. The summed E-state index contributed by atoms with van der Waals surface area (Å²) in [6, 6.07) is 0. The molecular weight excluding hydrogens is 405 g/mol. The van der Waals surface area contributed by atoms with E-state index in [0.29, 0.717) is 6.61 Å². The van der Waals surface area contributed by atoms with Crippen LogP contribution in [0.1, 0.15) is 110 Å². The van der Waals surface area contributed by atoms with Crippen LogP contribution in [0.3, 0.4) is 0 Å². The minimum absolute atomic E-state index is 0. The van der Waals surface area contributed by atoms with Crippen molar-refractivity contribution in [3.63, 3.8) is 0 Å². The quantitative estimate of drug-likeness (QED) is 0.141. The standard InChI is InChI=1S/C22H47O6P.H3N/c1-3-4-5-6-7-8-9-10-11-12-13-14-15-16-17-18-19-27-20-22(26-2)21-28-29(23,24)25;/h22H,3-21H2,1-2H3,(H2,23,24,25);1H3. The molecule has 0 aromatic carbocycles. The first-order valence-corrected chi connectivity index (χ1v) is 13.3. The van der Waals surface area contributed by atoms with Crippen molar-refractivity contribution in [2.45, 2.75) is 116 Å². The number of hydrogen-bond acceptors (Lipinski definition) is 5. The number of phosphoric ester groups is 1. The summed E-state index contributed by atoms with van der Waals surface area (Å²) in [7, 11) is -3.24. The van der Waals surface area contributed by atoms with E-state index in [1.807, 2.05) is 0 Å². The molecule has 7 nitrogen and oxygen atoms in total. The average Bonchev–Trinajstić information content (AvgIpc) is 2.68. The van der Waals surface area contributed by atoms with Gasteiger partial charge >= 0.3 is 0 Å². The van der Waals surface area contributed by atoms with Crippen molar-refractivity contribution in [2.75, 3.05) is 26.9 Å². The van der Waals surface area contributed by atoms with Crippen molar-refractivity contribution in [3.8, 4) is 0 Å². The smallest absolute Gasteiger partial charge is 0.265 e. The Morgan fingerprint density at radius 2 is 1.17 bits per heavy atom. The van der Waals surface area contributed by atoms with Gasteiger partial charge in [-0.25, -0.2) is 0 Å². The molecule has 0 radical (unpaired) electrons.